The molecule has 0 fully saturated rings. The molecule has 4 rings (SSSR count). The zero-order valence-electron chi connectivity index (χ0n) is 17.6. The van der Waals surface area contributed by atoms with Crippen LogP contribution in [0.3, 0.4) is 0 Å². The predicted octanol–water partition coefficient (Wildman–Crippen LogP) is 3.98. The average Bonchev–Trinajstić information content (AvgIpc) is 3.17. The van der Waals surface area contributed by atoms with Gasteiger partial charge in [-0.15, -0.1) is 0 Å². The average molecular weight is 439 g/mol. The topological polar surface area (TPSA) is 96.2 Å². The van der Waals surface area contributed by atoms with Gasteiger partial charge in [-0.1, -0.05) is 24.1 Å². The molecule has 0 spiro atoms. The maximum absolute atomic E-state index is 5.65. The number of para-hydroxylation sites is 1. The number of hydrogen-bond acceptors (Lipinski definition) is 9. The lowest BCUT2D eigenvalue weighted by atomic mass is 10.2. The summed E-state index contributed by atoms with van der Waals surface area (Å²) < 4.78 is 21.9. The minimum Gasteiger partial charge on any atom is -0.494 e. The van der Waals surface area contributed by atoms with Crippen molar-refractivity contribution in [3.05, 3.63) is 42.6 Å². The first kappa shape index (κ1) is 20.7. The zero-order chi connectivity index (χ0) is 21.8. The number of pyridine rings is 1. The van der Waals surface area contributed by atoms with E-state index in [1.807, 2.05) is 48.1 Å². The molecule has 9 nitrogen and oxygen atoms in total. The number of nitrogens with one attached hydrogen (secondary N) is 1. The van der Waals surface area contributed by atoms with E-state index in [-0.39, 0.29) is 0 Å². The van der Waals surface area contributed by atoms with Gasteiger partial charge in [0.05, 0.1) is 27.0 Å². The van der Waals surface area contributed by atoms with Crippen molar-refractivity contribution < 1.29 is 14.2 Å². The van der Waals surface area contributed by atoms with Gasteiger partial charge in [0.25, 0.3) is 0 Å². The van der Waals surface area contributed by atoms with Crippen LogP contribution in [0, 0.1) is 0 Å². The molecule has 0 saturated carbocycles. The summed E-state index contributed by atoms with van der Waals surface area (Å²) in [6, 6.07) is 11.1. The maximum Gasteiger partial charge on any atom is 0.213 e. The molecule has 0 amide bonds. The van der Waals surface area contributed by atoms with Gasteiger partial charge in [0.1, 0.15) is 22.9 Å². The van der Waals surface area contributed by atoms with Gasteiger partial charge in [-0.25, -0.2) is 19.9 Å². The molecule has 0 saturated heterocycles. The molecule has 160 valence electrons. The predicted molar refractivity (Wildman–Crippen MR) is 121 cm³/mol. The summed E-state index contributed by atoms with van der Waals surface area (Å²) in [4.78, 5) is 18.6. The third-order valence-corrected chi connectivity index (χ3v) is 4.86. The van der Waals surface area contributed by atoms with E-state index in [1.165, 1.54) is 11.9 Å². The summed E-state index contributed by atoms with van der Waals surface area (Å²) in [7, 11) is 3.22. The van der Waals surface area contributed by atoms with Crippen LogP contribution in [0.25, 0.3) is 28.5 Å². The van der Waals surface area contributed by atoms with Gasteiger partial charge in [0, 0.05) is 12.3 Å². The Kier molecular flexibility index (Phi) is 6.08. The summed E-state index contributed by atoms with van der Waals surface area (Å²) in [5.41, 5.74) is 2.28. The van der Waals surface area contributed by atoms with Crippen LogP contribution in [0.15, 0.2) is 42.6 Å². The number of rotatable bonds is 8. The molecule has 0 aliphatic heterocycles. The first-order chi connectivity index (χ1) is 15.2. The van der Waals surface area contributed by atoms with E-state index in [9.17, 15) is 0 Å². The zero-order valence-corrected chi connectivity index (χ0v) is 18.4. The monoisotopic (exact) mass is 438 g/mol. The van der Waals surface area contributed by atoms with E-state index in [0.29, 0.717) is 58.3 Å². The van der Waals surface area contributed by atoms with Crippen molar-refractivity contribution in [2.75, 3.05) is 31.8 Å². The first-order valence-corrected chi connectivity index (χ1v) is 10.8. The molecule has 0 unspecified atom stereocenters. The second-order valence-corrected chi connectivity index (χ2v) is 6.90. The lowest BCUT2D eigenvalue weighted by molar-refractivity contribution is 0.327. The Labute approximate surface area is 183 Å². The molecule has 31 heavy (non-hydrogen) atoms. The second kappa shape index (κ2) is 9.09. The molecule has 3 heterocycles. The summed E-state index contributed by atoms with van der Waals surface area (Å²) in [5.74, 6) is 2.87. The number of benzene rings is 1. The highest BCUT2D eigenvalue weighted by molar-refractivity contribution is 7.99. The van der Waals surface area contributed by atoms with Gasteiger partial charge >= 0.3 is 0 Å². The molecule has 10 heteroatoms. The van der Waals surface area contributed by atoms with Crippen LogP contribution in [0.4, 0.5) is 5.82 Å². The van der Waals surface area contributed by atoms with Crippen LogP contribution in [0.2, 0.25) is 0 Å². The quantitative estimate of drug-likeness (QED) is 0.410. The van der Waals surface area contributed by atoms with Crippen molar-refractivity contribution in [1.82, 2.24) is 24.5 Å². The van der Waals surface area contributed by atoms with E-state index >= 15 is 0 Å². The summed E-state index contributed by atoms with van der Waals surface area (Å²) in [6.07, 6.45) is 3.56. The van der Waals surface area contributed by atoms with E-state index in [2.05, 4.69) is 14.7 Å². The normalized spacial score (nSPS) is 10.8. The number of fused-ring (bicyclic) bond motifs is 1. The highest BCUT2D eigenvalue weighted by atomic mass is 32.2. The van der Waals surface area contributed by atoms with Gasteiger partial charge in [-0.05, 0) is 25.1 Å². The van der Waals surface area contributed by atoms with Crippen molar-refractivity contribution in [3.8, 4) is 34.6 Å². The Hall–Kier alpha value is -3.53. The maximum atomic E-state index is 5.65. The molecule has 0 radical (unpaired) electrons. The number of ether oxygens (including phenoxy) is 3. The molecular formula is C21H22N6O3S. The second-order valence-electron chi connectivity index (χ2n) is 6.28. The minimum atomic E-state index is 0.471. The Balaban J connectivity index is 2.05. The molecule has 0 aliphatic carbocycles. The third-order valence-electron chi connectivity index (χ3n) is 4.45. The van der Waals surface area contributed by atoms with Gasteiger partial charge in [-0.2, -0.15) is 0 Å². The molecule has 0 bridgehead atoms. The Morgan fingerprint density at radius 3 is 2.42 bits per heavy atom. The number of nitrogens with zero attached hydrogens (tertiary/aromatic N) is 5. The standard InChI is InChI=1S/C21H22N6O3S/c1-5-30-17-11-6-8-13(23-17)20-25-19-21(24-16(12-22-19)26-31-4)27(20)18-14(28-2)9-7-10-15(18)29-3/h6-12H,5H2,1-4H3,(H,24,26). The smallest absolute Gasteiger partial charge is 0.213 e. The number of aromatic nitrogens is 5. The summed E-state index contributed by atoms with van der Waals surface area (Å²) in [5, 5.41) is 0. The van der Waals surface area contributed by atoms with Crippen molar-refractivity contribution in [3.63, 3.8) is 0 Å². The van der Waals surface area contributed by atoms with Crippen LogP contribution in [0.5, 0.6) is 17.4 Å². The molecule has 0 atom stereocenters. The number of anilines is 1. The van der Waals surface area contributed by atoms with E-state index in [1.54, 1.807) is 26.5 Å². The molecular weight excluding hydrogens is 416 g/mol. The van der Waals surface area contributed by atoms with Gasteiger partial charge in [-0.3, -0.25) is 4.57 Å². The fourth-order valence-electron chi connectivity index (χ4n) is 3.21. The molecule has 1 N–H and O–H groups in total. The molecule has 0 aliphatic rings. The number of hydrogen-bond donors (Lipinski definition) is 1. The van der Waals surface area contributed by atoms with Crippen molar-refractivity contribution in [1.29, 1.82) is 0 Å². The van der Waals surface area contributed by atoms with Crippen LogP contribution >= 0.6 is 11.9 Å². The van der Waals surface area contributed by atoms with Crippen molar-refractivity contribution >= 4 is 29.1 Å². The summed E-state index contributed by atoms with van der Waals surface area (Å²) in [6.45, 7) is 2.43. The van der Waals surface area contributed by atoms with Crippen LogP contribution in [-0.2, 0) is 0 Å². The Morgan fingerprint density at radius 1 is 1.00 bits per heavy atom. The van der Waals surface area contributed by atoms with E-state index in [4.69, 9.17) is 24.2 Å². The third kappa shape index (κ3) is 3.93. The molecule has 1 aromatic carbocycles. The molecule has 4 aromatic rings. The first-order valence-electron chi connectivity index (χ1n) is 9.56. The SMILES string of the molecule is CCOc1cccc(-c2nc3ncc(NSC)nc3n2-c2c(OC)cccc2OC)n1. The molecule has 3 aromatic heterocycles. The Bertz CT molecular complexity index is 1190. The number of methoxy groups -OCH3 is 2. The fraction of sp³-hybridized carbons (Fsp3) is 0.238. The largest absolute Gasteiger partial charge is 0.494 e. The van der Waals surface area contributed by atoms with E-state index in [0.717, 1.165) is 0 Å². The highest BCUT2D eigenvalue weighted by Gasteiger charge is 2.23. The lowest BCUT2D eigenvalue weighted by Crippen LogP contribution is -2.06. The minimum absolute atomic E-state index is 0.471. The Morgan fingerprint density at radius 2 is 1.74 bits per heavy atom. The highest BCUT2D eigenvalue weighted by Crippen LogP contribution is 2.38. The van der Waals surface area contributed by atoms with Crippen LogP contribution in [-0.4, -0.2) is 51.6 Å². The lowest BCUT2D eigenvalue weighted by Gasteiger charge is -2.16. The van der Waals surface area contributed by atoms with Crippen molar-refractivity contribution in [2.45, 2.75) is 6.92 Å². The van der Waals surface area contributed by atoms with Gasteiger partial charge in [0.2, 0.25) is 5.88 Å². The van der Waals surface area contributed by atoms with Gasteiger partial charge < -0.3 is 18.9 Å². The van der Waals surface area contributed by atoms with Gasteiger partial charge in [0.15, 0.2) is 22.9 Å². The van der Waals surface area contributed by atoms with Crippen molar-refractivity contribution in [2.24, 2.45) is 0 Å². The summed E-state index contributed by atoms with van der Waals surface area (Å²) >= 11 is 1.43. The number of imidazole rings is 1. The fourth-order valence-corrected chi connectivity index (χ4v) is 3.52. The van der Waals surface area contributed by atoms with E-state index < -0.39 is 0 Å². The van der Waals surface area contributed by atoms with Crippen LogP contribution in [0.1, 0.15) is 6.92 Å². The van der Waals surface area contributed by atoms with Crippen LogP contribution < -0.4 is 18.9 Å².